The number of hydrogen-bond donors (Lipinski definition) is 0. The average molecular weight is 364 g/mol. The SMILES string of the molecule is O=C(Cc1ccc(OCc2ccc(Cl)cc2)c(Cl)c1)N1CCCC1. The molecule has 0 aromatic heterocycles. The van der Waals surface area contributed by atoms with Crippen LogP contribution in [0.5, 0.6) is 5.75 Å². The molecule has 3 nitrogen and oxygen atoms in total. The maximum atomic E-state index is 12.2. The first-order valence-electron chi connectivity index (χ1n) is 8.05. The molecule has 0 N–H and O–H groups in total. The van der Waals surface area contributed by atoms with E-state index in [0.717, 1.165) is 37.1 Å². The Bertz CT molecular complexity index is 710. The van der Waals surface area contributed by atoms with E-state index in [1.165, 1.54) is 0 Å². The molecule has 2 aromatic carbocycles. The molecule has 0 radical (unpaired) electrons. The number of likely N-dealkylation sites (tertiary alicyclic amines) is 1. The second-order valence-corrected chi connectivity index (χ2v) is 6.79. The van der Waals surface area contributed by atoms with Gasteiger partial charge in [-0.1, -0.05) is 41.4 Å². The Hall–Kier alpha value is -1.71. The number of halogens is 2. The van der Waals surface area contributed by atoms with Gasteiger partial charge in [-0.3, -0.25) is 4.79 Å². The molecule has 1 saturated heterocycles. The van der Waals surface area contributed by atoms with Gasteiger partial charge in [0.05, 0.1) is 11.4 Å². The lowest BCUT2D eigenvalue weighted by atomic mass is 10.1. The third-order valence-corrected chi connectivity index (χ3v) is 4.67. The van der Waals surface area contributed by atoms with Crippen LogP contribution in [-0.2, 0) is 17.8 Å². The summed E-state index contributed by atoms with van der Waals surface area (Å²) >= 11 is 12.2. The number of carbonyl (C=O) groups is 1. The fourth-order valence-electron chi connectivity index (χ4n) is 2.77. The molecule has 1 amide bonds. The maximum absolute atomic E-state index is 12.2. The van der Waals surface area contributed by atoms with Crippen molar-refractivity contribution in [2.75, 3.05) is 13.1 Å². The standard InChI is InChI=1S/C19H19Cl2NO2/c20-16-6-3-14(4-7-16)13-24-18-8-5-15(11-17(18)21)12-19(23)22-9-1-2-10-22/h3-8,11H,1-2,9-10,12-13H2. The Balaban J connectivity index is 1.59. The van der Waals surface area contributed by atoms with E-state index < -0.39 is 0 Å². The van der Waals surface area contributed by atoms with Crippen LogP contribution in [-0.4, -0.2) is 23.9 Å². The molecule has 1 heterocycles. The van der Waals surface area contributed by atoms with E-state index in [1.807, 2.05) is 47.4 Å². The minimum atomic E-state index is 0.165. The van der Waals surface area contributed by atoms with Gasteiger partial charge in [-0.05, 0) is 48.2 Å². The van der Waals surface area contributed by atoms with Gasteiger partial charge in [0.1, 0.15) is 12.4 Å². The molecule has 2 aromatic rings. The van der Waals surface area contributed by atoms with E-state index in [2.05, 4.69) is 0 Å². The van der Waals surface area contributed by atoms with E-state index in [4.69, 9.17) is 27.9 Å². The molecule has 24 heavy (non-hydrogen) atoms. The van der Waals surface area contributed by atoms with Crippen LogP contribution in [0.1, 0.15) is 24.0 Å². The zero-order chi connectivity index (χ0) is 16.9. The van der Waals surface area contributed by atoms with Crippen LogP contribution < -0.4 is 4.74 Å². The zero-order valence-electron chi connectivity index (χ0n) is 13.3. The topological polar surface area (TPSA) is 29.5 Å². The minimum absolute atomic E-state index is 0.165. The summed E-state index contributed by atoms with van der Waals surface area (Å²) in [5, 5.41) is 1.22. The van der Waals surface area contributed by atoms with E-state index in [0.29, 0.717) is 28.8 Å². The average Bonchev–Trinajstić information content (AvgIpc) is 3.10. The van der Waals surface area contributed by atoms with Crippen molar-refractivity contribution < 1.29 is 9.53 Å². The second-order valence-electron chi connectivity index (χ2n) is 5.94. The third-order valence-electron chi connectivity index (χ3n) is 4.12. The predicted molar refractivity (Wildman–Crippen MR) is 96.8 cm³/mol. The van der Waals surface area contributed by atoms with Crippen LogP contribution in [0, 0.1) is 0 Å². The summed E-state index contributed by atoms with van der Waals surface area (Å²) in [4.78, 5) is 14.1. The molecule has 5 heteroatoms. The van der Waals surface area contributed by atoms with Crippen LogP contribution in [0.3, 0.4) is 0 Å². The van der Waals surface area contributed by atoms with Crippen molar-refractivity contribution in [3.63, 3.8) is 0 Å². The largest absolute Gasteiger partial charge is 0.487 e. The van der Waals surface area contributed by atoms with Crippen LogP contribution >= 0.6 is 23.2 Å². The van der Waals surface area contributed by atoms with Crippen molar-refractivity contribution in [3.8, 4) is 5.75 Å². The Morgan fingerprint density at radius 3 is 2.33 bits per heavy atom. The third kappa shape index (κ3) is 4.43. The van der Waals surface area contributed by atoms with Gasteiger partial charge in [0, 0.05) is 18.1 Å². The van der Waals surface area contributed by atoms with Gasteiger partial charge in [-0.25, -0.2) is 0 Å². The molecule has 0 unspecified atom stereocenters. The number of hydrogen-bond acceptors (Lipinski definition) is 2. The van der Waals surface area contributed by atoms with Crippen LogP contribution in [0.4, 0.5) is 0 Å². The highest BCUT2D eigenvalue weighted by atomic mass is 35.5. The molecule has 1 aliphatic rings. The van der Waals surface area contributed by atoms with Crippen molar-refractivity contribution in [3.05, 3.63) is 63.6 Å². The highest BCUT2D eigenvalue weighted by molar-refractivity contribution is 6.32. The Labute approximate surface area is 152 Å². The fourth-order valence-corrected chi connectivity index (χ4v) is 3.15. The summed E-state index contributed by atoms with van der Waals surface area (Å²) in [5.41, 5.74) is 1.93. The smallest absolute Gasteiger partial charge is 0.226 e. The molecule has 1 aliphatic heterocycles. The first kappa shape index (κ1) is 17.1. The molecule has 126 valence electrons. The van der Waals surface area contributed by atoms with Crippen LogP contribution in [0.25, 0.3) is 0 Å². The van der Waals surface area contributed by atoms with Crippen molar-refractivity contribution in [1.82, 2.24) is 4.90 Å². The molecule has 0 aliphatic carbocycles. The lowest BCUT2D eigenvalue weighted by Crippen LogP contribution is -2.29. The van der Waals surface area contributed by atoms with Gasteiger partial charge < -0.3 is 9.64 Å². The summed E-state index contributed by atoms with van der Waals surface area (Å²) in [5.74, 6) is 0.780. The first-order valence-corrected chi connectivity index (χ1v) is 8.81. The van der Waals surface area contributed by atoms with E-state index in [9.17, 15) is 4.79 Å². The summed E-state index contributed by atoms with van der Waals surface area (Å²) in [6, 6.07) is 13.0. The van der Waals surface area contributed by atoms with Gasteiger partial charge in [-0.15, -0.1) is 0 Å². The highest BCUT2D eigenvalue weighted by Crippen LogP contribution is 2.27. The van der Waals surface area contributed by atoms with Gasteiger partial charge >= 0.3 is 0 Å². The maximum Gasteiger partial charge on any atom is 0.226 e. The zero-order valence-corrected chi connectivity index (χ0v) is 14.8. The molecule has 0 saturated carbocycles. The quantitative estimate of drug-likeness (QED) is 0.767. The number of rotatable bonds is 5. The molecule has 0 spiro atoms. The van der Waals surface area contributed by atoms with Crippen molar-refractivity contribution in [2.24, 2.45) is 0 Å². The van der Waals surface area contributed by atoms with E-state index >= 15 is 0 Å². The molecule has 0 bridgehead atoms. The Morgan fingerprint density at radius 2 is 1.67 bits per heavy atom. The Kier molecular flexibility index (Phi) is 5.64. The van der Waals surface area contributed by atoms with E-state index in [-0.39, 0.29) is 5.91 Å². The van der Waals surface area contributed by atoms with Crippen LogP contribution in [0.15, 0.2) is 42.5 Å². The molecular weight excluding hydrogens is 345 g/mol. The summed E-state index contributed by atoms with van der Waals surface area (Å²) in [7, 11) is 0. The molecular formula is C19H19Cl2NO2. The molecule has 0 atom stereocenters. The van der Waals surface area contributed by atoms with Crippen LogP contribution in [0.2, 0.25) is 10.0 Å². The Morgan fingerprint density at radius 1 is 1.00 bits per heavy atom. The fraction of sp³-hybridized carbons (Fsp3) is 0.316. The predicted octanol–water partition coefficient (Wildman–Crippen LogP) is 4.74. The number of nitrogens with zero attached hydrogens (tertiary/aromatic N) is 1. The van der Waals surface area contributed by atoms with Crippen molar-refractivity contribution in [1.29, 1.82) is 0 Å². The van der Waals surface area contributed by atoms with Gasteiger partial charge in [0.25, 0.3) is 0 Å². The highest BCUT2D eigenvalue weighted by Gasteiger charge is 2.18. The summed E-state index contributed by atoms with van der Waals surface area (Å²) in [6.45, 7) is 2.16. The van der Waals surface area contributed by atoms with Gasteiger partial charge in [-0.2, -0.15) is 0 Å². The van der Waals surface area contributed by atoms with E-state index in [1.54, 1.807) is 0 Å². The summed E-state index contributed by atoms with van der Waals surface area (Å²) in [6.07, 6.45) is 2.59. The monoisotopic (exact) mass is 363 g/mol. The number of ether oxygens (including phenoxy) is 1. The first-order chi connectivity index (χ1) is 11.6. The molecule has 1 fully saturated rings. The number of carbonyl (C=O) groups excluding carboxylic acids is 1. The number of benzene rings is 2. The second kappa shape index (κ2) is 7.91. The minimum Gasteiger partial charge on any atom is -0.487 e. The lowest BCUT2D eigenvalue weighted by Gasteiger charge is -2.15. The van der Waals surface area contributed by atoms with Gasteiger partial charge in [0.2, 0.25) is 5.91 Å². The lowest BCUT2D eigenvalue weighted by molar-refractivity contribution is -0.129. The molecule has 3 rings (SSSR count). The van der Waals surface area contributed by atoms with Crippen molar-refractivity contribution in [2.45, 2.75) is 25.9 Å². The normalized spacial score (nSPS) is 14.0. The van der Waals surface area contributed by atoms with Crippen molar-refractivity contribution >= 4 is 29.1 Å². The number of amides is 1. The van der Waals surface area contributed by atoms with Gasteiger partial charge in [0.15, 0.2) is 0 Å². The summed E-state index contributed by atoms with van der Waals surface area (Å²) < 4.78 is 5.75.